The first-order valence-electron chi connectivity index (χ1n) is 7.82. The average Bonchev–Trinajstić information content (AvgIpc) is 2.92. The van der Waals surface area contributed by atoms with Gasteiger partial charge < -0.3 is 5.32 Å². The molecule has 0 radical (unpaired) electrons. The van der Waals surface area contributed by atoms with E-state index in [0.717, 1.165) is 5.92 Å². The predicted molar refractivity (Wildman–Crippen MR) is 79.3 cm³/mol. The molecule has 3 heteroatoms. The fourth-order valence-electron chi connectivity index (χ4n) is 3.84. The van der Waals surface area contributed by atoms with Crippen molar-refractivity contribution in [2.24, 2.45) is 5.92 Å². The topological polar surface area (TPSA) is 29.1 Å². The number of hydrogen-bond donors (Lipinski definition) is 1. The first-order valence-corrected chi connectivity index (χ1v) is 9.10. The summed E-state index contributed by atoms with van der Waals surface area (Å²) in [6, 6.07) is 0.500. The second-order valence-corrected chi connectivity index (χ2v) is 8.07. The first kappa shape index (κ1) is 14.5. The van der Waals surface area contributed by atoms with Crippen molar-refractivity contribution in [2.75, 3.05) is 7.05 Å². The van der Waals surface area contributed by atoms with Gasteiger partial charge in [0.25, 0.3) is 0 Å². The third-order valence-corrected chi connectivity index (χ3v) is 7.14. The molecule has 0 bridgehead atoms. The summed E-state index contributed by atoms with van der Waals surface area (Å²) >= 11 is 0. The smallest absolute Gasteiger partial charge is 0.0506 e. The highest BCUT2D eigenvalue weighted by Gasteiger charge is 2.36. The zero-order chi connectivity index (χ0) is 13.0. The summed E-state index contributed by atoms with van der Waals surface area (Å²) < 4.78 is 12.8. The Hall–Kier alpha value is 0.110. The molecule has 2 fully saturated rings. The van der Waals surface area contributed by atoms with Crippen LogP contribution in [0.25, 0.3) is 0 Å². The van der Waals surface area contributed by atoms with E-state index in [9.17, 15) is 4.21 Å². The van der Waals surface area contributed by atoms with E-state index in [2.05, 4.69) is 12.2 Å². The molecule has 0 amide bonds. The van der Waals surface area contributed by atoms with Crippen LogP contribution < -0.4 is 5.32 Å². The molecule has 0 aliphatic heterocycles. The van der Waals surface area contributed by atoms with Gasteiger partial charge in [-0.05, 0) is 45.1 Å². The van der Waals surface area contributed by atoms with Crippen LogP contribution in [-0.2, 0) is 10.8 Å². The molecule has 2 rings (SSSR count). The Kier molecular flexibility index (Phi) is 5.68. The van der Waals surface area contributed by atoms with Crippen molar-refractivity contribution in [3.05, 3.63) is 0 Å². The third-order valence-electron chi connectivity index (χ3n) is 4.90. The minimum absolute atomic E-state index is 0.420. The summed E-state index contributed by atoms with van der Waals surface area (Å²) in [6.07, 6.45) is 11.4. The minimum atomic E-state index is -0.599. The lowest BCUT2D eigenvalue weighted by molar-refractivity contribution is 0.291. The maximum atomic E-state index is 12.8. The molecule has 0 heterocycles. The Morgan fingerprint density at radius 1 is 1.17 bits per heavy atom. The Bertz CT molecular complexity index is 276. The Morgan fingerprint density at radius 3 is 2.50 bits per heavy atom. The second-order valence-electron chi connectivity index (χ2n) is 6.14. The molecular formula is C15H29NOS. The van der Waals surface area contributed by atoms with Gasteiger partial charge >= 0.3 is 0 Å². The highest BCUT2D eigenvalue weighted by Crippen LogP contribution is 2.34. The molecule has 0 saturated heterocycles. The predicted octanol–water partition coefficient (Wildman–Crippen LogP) is 3.23. The van der Waals surface area contributed by atoms with Crippen molar-refractivity contribution < 1.29 is 4.21 Å². The maximum Gasteiger partial charge on any atom is 0.0506 e. The molecule has 2 aliphatic rings. The molecule has 0 aromatic rings. The highest BCUT2D eigenvalue weighted by atomic mass is 32.2. The highest BCUT2D eigenvalue weighted by molar-refractivity contribution is 7.86. The van der Waals surface area contributed by atoms with Crippen LogP contribution in [0, 0.1) is 5.92 Å². The first-order chi connectivity index (χ1) is 8.76. The number of rotatable bonds is 5. The summed E-state index contributed by atoms with van der Waals surface area (Å²) in [5, 5.41) is 4.35. The summed E-state index contributed by atoms with van der Waals surface area (Å²) in [7, 11) is 1.45. The van der Waals surface area contributed by atoms with Crippen molar-refractivity contribution in [1.29, 1.82) is 0 Å². The maximum absolute atomic E-state index is 12.8. The number of hydrogen-bond acceptors (Lipinski definition) is 2. The van der Waals surface area contributed by atoms with E-state index in [1.165, 1.54) is 57.8 Å². The van der Waals surface area contributed by atoms with Gasteiger partial charge in [0, 0.05) is 22.1 Å². The van der Waals surface area contributed by atoms with E-state index < -0.39 is 10.8 Å². The van der Waals surface area contributed by atoms with Gasteiger partial charge in [-0.2, -0.15) is 0 Å². The van der Waals surface area contributed by atoms with E-state index in [1.54, 1.807) is 0 Å². The van der Waals surface area contributed by atoms with Crippen LogP contribution in [0.3, 0.4) is 0 Å². The van der Waals surface area contributed by atoms with Crippen LogP contribution in [0.15, 0.2) is 0 Å². The second kappa shape index (κ2) is 7.04. The molecule has 0 aromatic carbocycles. The van der Waals surface area contributed by atoms with Gasteiger partial charge in [0.05, 0.1) is 5.25 Å². The van der Waals surface area contributed by atoms with Crippen LogP contribution in [0.2, 0.25) is 0 Å². The SMILES string of the molecule is CCCC1CCC(NC)C(S(=O)C2CCCC2)C1. The Balaban J connectivity index is 1.98. The molecule has 106 valence electrons. The van der Waals surface area contributed by atoms with Gasteiger partial charge in [-0.25, -0.2) is 0 Å². The van der Waals surface area contributed by atoms with Crippen molar-refractivity contribution in [1.82, 2.24) is 5.32 Å². The van der Waals surface area contributed by atoms with Crippen LogP contribution >= 0.6 is 0 Å². The zero-order valence-corrected chi connectivity index (χ0v) is 12.8. The fraction of sp³-hybridized carbons (Fsp3) is 1.00. The standard InChI is InChI=1S/C15H29NOS/c1-3-6-12-9-10-14(16-2)15(11-12)18(17)13-7-4-5-8-13/h12-16H,3-11H2,1-2H3. The van der Waals surface area contributed by atoms with Gasteiger partial charge in [0.15, 0.2) is 0 Å². The zero-order valence-electron chi connectivity index (χ0n) is 12.0. The molecule has 2 aliphatic carbocycles. The summed E-state index contributed by atoms with van der Waals surface area (Å²) in [5.74, 6) is 0.829. The van der Waals surface area contributed by atoms with E-state index in [-0.39, 0.29) is 0 Å². The van der Waals surface area contributed by atoms with Gasteiger partial charge in [-0.1, -0.05) is 32.6 Å². The molecule has 18 heavy (non-hydrogen) atoms. The molecule has 4 atom stereocenters. The van der Waals surface area contributed by atoms with Crippen LogP contribution in [0.4, 0.5) is 0 Å². The van der Waals surface area contributed by atoms with Gasteiger partial charge in [0.1, 0.15) is 0 Å². The largest absolute Gasteiger partial charge is 0.316 e. The van der Waals surface area contributed by atoms with E-state index in [0.29, 0.717) is 16.5 Å². The Labute approximate surface area is 115 Å². The molecule has 1 N–H and O–H groups in total. The molecule has 2 saturated carbocycles. The molecule has 2 nitrogen and oxygen atoms in total. The van der Waals surface area contributed by atoms with Crippen LogP contribution in [0.5, 0.6) is 0 Å². The van der Waals surface area contributed by atoms with Crippen molar-refractivity contribution in [3.63, 3.8) is 0 Å². The summed E-state index contributed by atoms with van der Waals surface area (Å²) in [6.45, 7) is 2.27. The quantitative estimate of drug-likeness (QED) is 0.832. The summed E-state index contributed by atoms with van der Waals surface area (Å²) in [5.41, 5.74) is 0. The van der Waals surface area contributed by atoms with E-state index in [4.69, 9.17) is 0 Å². The number of nitrogens with one attached hydrogen (secondary N) is 1. The fourth-order valence-corrected chi connectivity index (χ4v) is 6.19. The monoisotopic (exact) mass is 271 g/mol. The molecule has 4 unspecified atom stereocenters. The van der Waals surface area contributed by atoms with Crippen LogP contribution in [0.1, 0.15) is 64.7 Å². The van der Waals surface area contributed by atoms with Gasteiger partial charge in [-0.3, -0.25) is 4.21 Å². The Morgan fingerprint density at radius 2 is 1.89 bits per heavy atom. The van der Waals surface area contributed by atoms with Crippen molar-refractivity contribution in [2.45, 2.75) is 81.3 Å². The lowest BCUT2D eigenvalue weighted by Gasteiger charge is -2.36. The van der Waals surface area contributed by atoms with Crippen molar-refractivity contribution >= 4 is 10.8 Å². The van der Waals surface area contributed by atoms with Gasteiger partial charge in [0.2, 0.25) is 0 Å². The lowest BCUT2D eigenvalue weighted by Crippen LogP contribution is -2.46. The molecule has 0 spiro atoms. The minimum Gasteiger partial charge on any atom is -0.316 e. The summed E-state index contributed by atoms with van der Waals surface area (Å²) in [4.78, 5) is 0. The van der Waals surface area contributed by atoms with Gasteiger partial charge in [-0.15, -0.1) is 0 Å². The van der Waals surface area contributed by atoms with E-state index >= 15 is 0 Å². The normalized spacial score (nSPS) is 35.8. The average molecular weight is 271 g/mol. The lowest BCUT2D eigenvalue weighted by atomic mass is 9.83. The molecule has 0 aromatic heterocycles. The third kappa shape index (κ3) is 3.36. The van der Waals surface area contributed by atoms with Crippen LogP contribution in [-0.4, -0.2) is 27.8 Å². The van der Waals surface area contributed by atoms with E-state index in [1.807, 2.05) is 7.05 Å². The molecular weight excluding hydrogens is 242 g/mol. The van der Waals surface area contributed by atoms with Crippen molar-refractivity contribution in [3.8, 4) is 0 Å².